The van der Waals surface area contributed by atoms with Crippen molar-refractivity contribution in [2.45, 2.75) is 50.2 Å². The van der Waals surface area contributed by atoms with E-state index in [0.717, 1.165) is 36.9 Å². The molecule has 0 atom stereocenters. The molecule has 0 radical (unpaired) electrons. The minimum absolute atomic E-state index is 0.0398. The molecule has 2 saturated heterocycles. The molecule has 0 N–H and O–H groups in total. The predicted molar refractivity (Wildman–Crippen MR) is 120 cm³/mol. The lowest BCUT2D eigenvalue weighted by Crippen LogP contribution is -2.81. The van der Waals surface area contributed by atoms with Crippen molar-refractivity contribution in [2.24, 2.45) is 0 Å². The molecule has 0 bridgehead atoms. The summed E-state index contributed by atoms with van der Waals surface area (Å²) in [6.07, 6.45) is 8.62. The van der Waals surface area contributed by atoms with Crippen LogP contribution >= 0.6 is 0 Å². The predicted octanol–water partition coefficient (Wildman–Crippen LogP) is 3.26. The Morgan fingerprint density at radius 2 is 1.65 bits per heavy atom. The van der Waals surface area contributed by atoms with E-state index in [4.69, 9.17) is 0 Å². The Balaban J connectivity index is 0.000000868. The second-order valence-electron chi connectivity index (χ2n) is 8.92. The van der Waals surface area contributed by atoms with Crippen LogP contribution in [0, 0.1) is 5.82 Å². The monoisotopic (exact) mass is 475 g/mol. The number of benzene rings is 1. The van der Waals surface area contributed by atoms with Gasteiger partial charge in [0.05, 0.1) is 31.2 Å². The van der Waals surface area contributed by atoms with Crippen molar-refractivity contribution < 1.29 is 22.8 Å². The third-order valence-electron chi connectivity index (χ3n) is 6.89. The van der Waals surface area contributed by atoms with Crippen LogP contribution in [0.1, 0.15) is 37.7 Å². The average Bonchev–Trinajstić information content (AvgIpc) is 2.83. The highest BCUT2D eigenvalue weighted by atomic mass is 19.3. The van der Waals surface area contributed by atoms with Crippen molar-refractivity contribution in [3.05, 3.63) is 54.1 Å². The normalized spacial score (nSPS) is 20.1. The summed E-state index contributed by atoms with van der Waals surface area (Å²) < 4.78 is 32.6. The summed E-state index contributed by atoms with van der Waals surface area (Å²) in [5, 5.41) is 7.76. The molecule has 1 spiro atoms. The zero-order chi connectivity index (χ0) is 24.1. The molecule has 182 valence electrons. The van der Waals surface area contributed by atoms with Crippen LogP contribution in [0.25, 0.3) is 0 Å². The van der Waals surface area contributed by atoms with Crippen molar-refractivity contribution >= 4 is 17.5 Å². The topological polar surface area (TPSA) is 69.6 Å². The van der Waals surface area contributed by atoms with Gasteiger partial charge in [-0.3, -0.25) is 9.59 Å². The minimum atomic E-state index is -1.75. The molecule has 1 aliphatic carbocycles. The zero-order valence-electron chi connectivity index (χ0n) is 18.9. The smallest absolute Gasteiger partial charge is 0.252 e. The first kappa shape index (κ1) is 24.0. The number of hydrogen-bond donors (Lipinski definition) is 0. The number of amides is 2. The molecule has 2 aliphatic heterocycles. The molecule has 5 rings (SSSR count). The highest BCUT2D eigenvalue weighted by Gasteiger charge is 2.60. The van der Waals surface area contributed by atoms with Crippen molar-refractivity contribution in [1.29, 1.82) is 0 Å². The first-order valence-electron chi connectivity index (χ1n) is 11.5. The van der Waals surface area contributed by atoms with Gasteiger partial charge in [-0.1, -0.05) is 31.4 Å². The first-order chi connectivity index (χ1) is 16.5. The van der Waals surface area contributed by atoms with Crippen molar-refractivity contribution in [2.75, 3.05) is 31.5 Å². The Kier molecular flexibility index (Phi) is 7.33. The number of carbonyl (C=O) groups excluding carboxylic acids is 2. The maximum absolute atomic E-state index is 13.8. The first-order valence-corrected chi connectivity index (χ1v) is 11.5. The van der Waals surface area contributed by atoms with E-state index >= 15 is 0 Å². The van der Waals surface area contributed by atoms with E-state index in [-0.39, 0.29) is 30.2 Å². The molecule has 7 nitrogen and oxygen atoms in total. The van der Waals surface area contributed by atoms with Crippen LogP contribution in [0.3, 0.4) is 0 Å². The van der Waals surface area contributed by atoms with Gasteiger partial charge in [0.1, 0.15) is 12.4 Å². The van der Waals surface area contributed by atoms with Crippen molar-refractivity contribution in [3.63, 3.8) is 0 Å². The lowest BCUT2D eigenvalue weighted by Gasteiger charge is -2.59. The molecule has 3 aliphatic rings. The van der Waals surface area contributed by atoms with E-state index in [2.05, 4.69) is 15.1 Å². The van der Waals surface area contributed by atoms with Crippen LogP contribution in [0.4, 0.5) is 18.9 Å². The van der Waals surface area contributed by atoms with E-state index in [1.54, 1.807) is 29.4 Å². The van der Waals surface area contributed by atoms with Gasteiger partial charge in [0.2, 0.25) is 12.8 Å². The zero-order valence-corrected chi connectivity index (χ0v) is 18.9. The molecule has 1 aromatic carbocycles. The Labute approximate surface area is 196 Å². The summed E-state index contributed by atoms with van der Waals surface area (Å²) in [4.78, 5) is 32.8. The van der Waals surface area contributed by atoms with Gasteiger partial charge in [0.15, 0.2) is 5.54 Å². The van der Waals surface area contributed by atoms with Gasteiger partial charge in [0, 0.05) is 12.6 Å². The molecule has 10 heteroatoms. The SMILES string of the molecule is FCF.O=C1CN(C2CCCCC2)C(=O)C2(CN(c3ccnnc3)C2)N1Cc1ccc(F)cc1. The summed E-state index contributed by atoms with van der Waals surface area (Å²) >= 11 is 0. The summed E-state index contributed by atoms with van der Waals surface area (Å²) in [5.41, 5.74) is 0.805. The third-order valence-corrected chi connectivity index (χ3v) is 6.89. The van der Waals surface area contributed by atoms with Gasteiger partial charge in [-0.05, 0) is 36.6 Å². The molecule has 3 fully saturated rings. The number of hydrogen-bond acceptors (Lipinski definition) is 5. The van der Waals surface area contributed by atoms with E-state index in [1.165, 1.54) is 18.6 Å². The molecular weight excluding hydrogens is 447 g/mol. The minimum Gasteiger partial charge on any atom is -0.364 e. The molecule has 2 aromatic rings. The fourth-order valence-corrected chi connectivity index (χ4v) is 5.17. The number of anilines is 1. The maximum atomic E-state index is 13.8. The van der Waals surface area contributed by atoms with Gasteiger partial charge in [-0.2, -0.15) is 10.2 Å². The third kappa shape index (κ3) is 4.71. The quantitative estimate of drug-likeness (QED) is 0.679. The van der Waals surface area contributed by atoms with Crippen LogP contribution in [0.15, 0.2) is 42.7 Å². The number of rotatable bonds is 4. The highest BCUT2D eigenvalue weighted by molar-refractivity contribution is 6.00. The number of alkyl halides is 2. The molecule has 2 amide bonds. The van der Waals surface area contributed by atoms with Crippen LogP contribution in [-0.4, -0.2) is 70.0 Å². The summed E-state index contributed by atoms with van der Waals surface area (Å²) in [6, 6.07) is 8.14. The largest absolute Gasteiger partial charge is 0.364 e. The molecular formula is C24H28F3N5O2. The Bertz CT molecular complexity index is 980. The number of nitrogens with zero attached hydrogens (tertiary/aromatic N) is 5. The number of aromatic nitrogens is 2. The second-order valence-corrected chi connectivity index (χ2v) is 8.92. The summed E-state index contributed by atoms with van der Waals surface area (Å²) in [5.74, 6) is -0.315. The molecule has 3 heterocycles. The fraction of sp³-hybridized carbons (Fsp3) is 0.500. The van der Waals surface area contributed by atoms with E-state index in [9.17, 15) is 22.8 Å². The summed E-state index contributed by atoms with van der Waals surface area (Å²) in [6.45, 7) is -0.476. The van der Waals surface area contributed by atoms with Crippen molar-refractivity contribution in [1.82, 2.24) is 20.0 Å². The van der Waals surface area contributed by atoms with Gasteiger partial charge in [-0.15, -0.1) is 0 Å². The van der Waals surface area contributed by atoms with Crippen LogP contribution in [0.2, 0.25) is 0 Å². The van der Waals surface area contributed by atoms with Gasteiger partial charge in [0.25, 0.3) is 5.91 Å². The lowest BCUT2D eigenvalue weighted by molar-refractivity contribution is -0.171. The Morgan fingerprint density at radius 3 is 2.26 bits per heavy atom. The summed E-state index contributed by atoms with van der Waals surface area (Å²) in [7, 11) is 0. The van der Waals surface area contributed by atoms with Gasteiger partial charge >= 0.3 is 0 Å². The van der Waals surface area contributed by atoms with E-state index < -0.39 is 12.5 Å². The lowest BCUT2D eigenvalue weighted by atomic mass is 9.81. The molecule has 1 saturated carbocycles. The fourth-order valence-electron chi connectivity index (χ4n) is 5.17. The van der Waals surface area contributed by atoms with Crippen LogP contribution < -0.4 is 4.90 Å². The number of halogens is 3. The average molecular weight is 476 g/mol. The van der Waals surface area contributed by atoms with Crippen LogP contribution in [-0.2, 0) is 16.1 Å². The maximum Gasteiger partial charge on any atom is 0.252 e. The van der Waals surface area contributed by atoms with Crippen LogP contribution in [0.5, 0.6) is 0 Å². The van der Waals surface area contributed by atoms with Gasteiger partial charge < -0.3 is 14.7 Å². The highest BCUT2D eigenvalue weighted by Crippen LogP contribution is 2.39. The second kappa shape index (κ2) is 10.4. The molecule has 34 heavy (non-hydrogen) atoms. The van der Waals surface area contributed by atoms with Gasteiger partial charge in [-0.25, -0.2) is 13.2 Å². The Hall–Kier alpha value is -3.17. The number of carbonyl (C=O) groups is 2. The van der Waals surface area contributed by atoms with Crippen molar-refractivity contribution in [3.8, 4) is 0 Å². The standard InChI is InChI=1S/C23H26FN5O2.CH2F2/c24-18-8-6-17(7-9-18)13-29-21(30)14-28(19-4-2-1-3-5-19)22(31)23(29)15-27(16-23)20-10-11-25-26-12-20;2-1-3/h6-12,19H,1-5,13-16H2;1H2. The molecule has 1 aromatic heterocycles. The van der Waals surface area contributed by atoms with E-state index in [1.807, 2.05) is 11.0 Å². The van der Waals surface area contributed by atoms with E-state index in [0.29, 0.717) is 19.6 Å². The number of piperazine rings is 1. The Morgan fingerprint density at radius 1 is 0.971 bits per heavy atom. The molecule has 0 unspecified atom stereocenters.